The average Bonchev–Trinajstić information content (AvgIpc) is 2.25. The Hall–Kier alpha value is -0.260. The molecule has 12 heavy (non-hydrogen) atoms. The summed E-state index contributed by atoms with van der Waals surface area (Å²) in [6, 6.07) is 0. The molecule has 0 amide bonds. The molecule has 2 atom stereocenters. The van der Waals surface area contributed by atoms with Crippen molar-refractivity contribution >= 4 is 9.84 Å². The summed E-state index contributed by atoms with van der Waals surface area (Å²) in [7, 11) is -3.59. The lowest BCUT2D eigenvalue weighted by Gasteiger charge is -2.03. The molecule has 6 heteroatoms. The van der Waals surface area contributed by atoms with Crippen LogP contribution in [0.25, 0.3) is 0 Å². The molecule has 2 unspecified atom stereocenters. The third kappa shape index (κ3) is 1.73. The minimum absolute atomic E-state index is 0.240. The van der Waals surface area contributed by atoms with Crippen LogP contribution in [0.3, 0.4) is 0 Å². The highest BCUT2D eigenvalue weighted by atomic mass is 32.2. The van der Waals surface area contributed by atoms with Gasteiger partial charge in [0.25, 0.3) is 0 Å². The zero-order valence-corrected chi connectivity index (χ0v) is 7.03. The summed E-state index contributed by atoms with van der Waals surface area (Å²) >= 11 is 0. The van der Waals surface area contributed by atoms with Crippen molar-refractivity contribution in [3.8, 4) is 0 Å². The van der Waals surface area contributed by atoms with Crippen molar-refractivity contribution in [2.45, 2.75) is 18.1 Å². The Labute approximate surface area is 68.7 Å². The zero-order valence-electron chi connectivity index (χ0n) is 6.21. The summed E-state index contributed by atoms with van der Waals surface area (Å²) in [4.78, 5) is 0. The van der Waals surface area contributed by atoms with Crippen molar-refractivity contribution in [1.82, 2.24) is 0 Å². The molecule has 1 fully saturated rings. The topological polar surface area (TPSA) is 34.1 Å². The van der Waals surface area contributed by atoms with Crippen molar-refractivity contribution in [1.29, 1.82) is 0 Å². The molecule has 2 nitrogen and oxygen atoms in total. The van der Waals surface area contributed by atoms with Crippen LogP contribution in [0.1, 0.15) is 6.42 Å². The van der Waals surface area contributed by atoms with E-state index in [9.17, 15) is 21.6 Å². The van der Waals surface area contributed by atoms with E-state index in [0.717, 1.165) is 0 Å². The molecular weight excluding hydrogens is 193 g/mol. The highest BCUT2D eigenvalue weighted by Crippen LogP contribution is 2.30. The molecule has 1 aliphatic rings. The zero-order chi connectivity index (χ0) is 9.35. The predicted octanol–water partition coefficient (Wildman–Crippen LogP) is 1.02. The van der Waals surface area contributed by atoms with Crippen molar-refractivity contribution < 1.29 is 21.6 Å². The van der Waals surface area contributed by atoms with Crippen molar-refractivity contribution in [2.75, 3.05) is 12.4 Å². The molecule has 0 saturated carbocycles. The summed E-state index contributed by atoms with van der Waals surface area (Å²) in [5.74, 6) is -1.74. The second kappa shape index (κ2) is 3.24. The maximum absolute atomic E-state index is 12.0. The molecule has 0 radical (unpaired) electrons. The predicted molar refractivity (Wildman–Crippen MR) is 37.7 cm³/mol. The van der Waals surface area contributed by atoms with Crippen LogP contribution in [0.2, 0.25) is 0 Å². The minimum Gasteiger partial charge on any atom is -0.250 e. The third-order valence-corrected chi connectivity index (χ3v) is 4.28. The number of sulfone groups is 1. The fourth-order valence-electron chi connectivity index (χ4n) is 1.32. The molecule has 0 aromatic heterocycles. The fraction of sp³-hybridized carbons (Fsp3) is 1.00. The highest BCUT2D eigenvalue weighted by molar-refractivity contribution is 7.92. The van der Waals surface area contributed by atoms with E-state index in [2.05, 4.69) is 0 Å². The number of hydrogen-bond donors (Lipinski definition) is 0. The summed E-state index contributed by atoms with van der Waals surface area (Å²) < 4.78 is 57.9. The minimum atomic E-state index is -3.59. The second-order valence-corrected chi connectivity index (χ2v) is 5.26. The number of halogens is 3. The summed E-state index contributed by atoms with van der Waals surface area (Å²) in [5, 5.41) is -1.20. The van der Waals surface area contributed by atoms with Crippen LogP contribution in [0.5, 0.6) is 0 Å². The quantitative estimate of drug-likeness (QED) is 0.670. The van der Waals surface area contributed by atoms with Gasteiger partial charge in [0.1, 0.15) is 6.67 Å². The first-order valence-electron chi connectivity index (χ1n) is 3.53. The van der Waals surface area contributed by atoms with Crippen molar-refractivity contribution in [3.63, 3.8) is 0 Å². The van der Waals surface area contributed by atoms with Crippen LogP contribution in [0, 0.1) is 5.92 Å². The molecule has 0 bridgehead atoms. The van der Waals surface area contributed by atoms with Crippen LogP contribution in [0.15, 0.2) is 0 Å². The van der Waals surface area contributed by atoms with Gasteiger partial charge in [-0.2, -0.15) is 0 Å². The Morgan fingerprint density at radius 2 is 2.00 bits per heavy atom. The molecule has 1 aliphatic heterocycles. The number of alkyl halides is 3. The van der Waals surface area contributed by atoms with Gasteiger partial charge >= 0.3 is 0 Å². The molecule has 72 valence electrons. The highest BCUT2D eigenvalue weighted by Gasteiger charge is 2.42. The monoisotopic (exact) mass is 202 g/mol. The summed E-state index contributed by atoms with van der Waals surface area (Å²) in [6.07, 6.45) is -2.90. The molecule has 1 saturated heterocycles. The van der Waals surface area contributed by atoms with Gasteiger partial charge in [-0.25, -0.2) is 21.6 Å². The third-order valence-electron chi connectivity index (χ3n) is 2.05. The van der Waals surface area contributed by atoms with Gasteiger partial charge in [0.2, 0.25) is 6.43 Å². The smallest absolute Gasteiger partial charge is 0.242 e. The van der Waals surface area contributed by atoms with Gasteiger partial charge in [0, 0.05) is 5.92 Å². The Bertz CT molecular complexity index is 250. The lowest BCUT2D eigenvalue weighted by Crippen LogP contribution is -2.17. The number of hydrogen-bond acceptors (Lipinski definition) is 2. The maximum atomic E-state index is 12.0. The van der Waals surface area contributed by atoms with Crippen LogP contribution in [-0.2, 0) is 9.84 Å². The number of rotatable bonds is 2. The van der Waals surface area contributed by atoms with Gasteiger partial charge < -0.3 is 0 Å². The van der Waals surface area contributed by atoms with Crippen LogP contribution in [-0.4, -0.2) is 32.5 Å². The molecule has 0 aromatic rings. The SMILES string of the molecule is O=S1(=O)CC(C(F)F)CC1CF. The van der Waals surface area contributed by atoms with Gasteiger partial charge in [0.05, 0.1) is 11.0 Å². The Morgan fingerprint density at radius 3 is 2.25 bits per heavy atom. The van der Waals surface area contributed by atoms with Crippen molar-refractivity contribution in [3.05, 3.63) is 0 Å². The van der Waals surface area contributed by atoms with Gasteiger partial charge in [-0.1, -0.05) is 0 Å². The first-order chi connectivity index (χ1) is 5.47. The van der Waals surface area contributed by atoms with Crippen LogP contribution >= 0.6 is 0 Å². The molecular formula is C6H9F3O2S. The average molecular weight is 202 g/mol. The Kier molecular flexibility index (Phi) is 2.65. The van der Waals surface area contributed by atoms with E-state index < -0.39 is 39.9 Å². The van der Waals surface area contributed by atoms with E-state index in [4.69, 9.17) is 0 Å². The second-order valence-electron chi connectivity index (χ2n) is 2.94. The van der Waals surface area contributed by atoms with Gasteiger partial charge in [-0.3, -0.25) is 0 Å². The van der Waals surface area contributed by atoms with E-state index in [0.29, 0.717) is 0 Å². The first-order valence-corrected chi connectivity index (χ1v) is 5.24. The van der Waals surface area contributed by atoms with Gasteiger partial charge in [0.15, 0.2) is 9.84 Å². The normalized spacial score (nSPS) is 34.3. The van der Waals surface area contributed by atoms with Crippen LogP contribution in [0.4, 0.5) is 13.2 Å². The summed E-state index contributed by atoms with van der Waals surface area (Å²) in [5.41, 5.74) is 0. The van der Waals surface area contributed by atoms with E-state index in [-0.39, 0.29) is 6.42 Å². The van der Waals surface area contributed by atoms with Gasteiger partial charge in [-0.15, -0.1) is 0 Å². The van der Waals surface area contributed by atoms with E-state index in [1.54, 1.807) is 0 Å². The summed E-state index contributed by atoms with van der Waals surface area (Å²) in [6.45, 7) is -1.05. The Morgan fingerprint density at radius 1 is 1.42 bits per heavy atom. The van der Waals surface area contributed by atoms with Crippen LogP contribution < -0.4 is 0 Å². The lowest BCUT2D eigenvalue weighted by atomic mass is 10.1. The molecule has 1 rings (SSSR count). The molecule has 0 spiro atoms. The molecule has 0 N–H and O–H groups in total. The van der Waals surface area contributed by atoms with E-state index in [1.807, 2.05) is 0 Å². The maximum Gasteiger partial charge on any atom is 0.242 e. The first kappa shape index (κ1) is 9.83. The Balaban J connectivity index is 2.74. The van der Waals surface area contributed by atoms with E-state index >= 15 is 0 Å². The largest absolute Gasteiger partial charge is 0.250 e. The molecule has 0 aromatic carbocycles. The van der Waals surface area contributed by atoms with Crippen molar-refractivity contribution in [2.24, 2.45) is 5.92 Å². The lowest BCUT2D eigenvalue weighted by molar-refractivity contribution is 0.0868. The standard InChI is InChI=1S/C6H9F3O2S/c7-2-5-1-4(6(8)9)3-12(5,10)11/h4-6H,1-3H2. The van der Waals surface area contributed by atoms with E-state index in [1.165, 1.54) is 0 Å². The molecule has 1 heterocycles. The van der Waals surface area contributed by atoms with Gasteiger partial charge in [-0.05, 0) is 6.42 Å². The molecule has 0 aliphatic carbocycles. The fourth-order valence-corrected chi connectivity index (χ4v) is 3.20.